The molecule has 102 valence electrons. The quantitative estimate of drug-likeness (QED) is 0.866. The van der Waals surface area contributed by atoms with Gasteiger partial charge in [-0.15, -0.1) is 0 Å². The number of hydrogen-bond donors (Lipinski definition) is 2. The minimum Gasteiger partial charge on any atom is -0.392 e. The van der Waals surface area contributed by atoms with Gasteiger partial charge in [0.05, 0.1) is 24.8 Å². The minimum atomic E-state index is -0.0139. The van der Waals surface area contributed by atoms with Crippen molar-refractivity contribution in [1.82, 2.24) is 9.55 Å². The third-order valence-electron chi connectivity index (χ3n) is 3.17. The van der Waals surface area contributed by atoms with E-state index in [1.807, 2.05) is 35.0 Å². The number of imidazole rings is 1. The zero-order valence-electron chi connectivity index (χ0n) is 11.5. The number of aromatic nitrogens is 2. The molecule has 1 heterocycles. The molecule has 2 aromatic rings. The van der Waals surface area contributed by atoms with E-state index in [1.165, 1.54) is 0 Å². The fourth-order valence-electron chi connectivity index (χ4n) is 2.19. The Hall–Kier alpha value is -1.65. The van der Waals surface area contributed by atoms with Crippen molar-refractivity contribution in [2.45, 2.75) is 32.9 Å². The maximum Gasteiger partial charge on any atom is 0.0994 e. The molecule has 0 aliphatic heterocycles. The second kappa shape index (κ2) is 5.99. The van der Waals surface area contributed by atoms with Crippen molar-refractivity contribution >= 4 is 0 Å². The molecular formula is C15H21N3O. The zero-order valence-corrected chi connectivity index (χ0v) is 11.5. The number of rotatable bonds is 5. The number of nitrogens with zero attached hydrogens (tertiary/aromatic N) is 2. The second-order valence-electron chi connectivity index (χ2n) is 5.25. The Morgan fingerprint density at radius 2 is 1.95 bits per heavy atom. The number of nitrogens with two attached hydrogens (primary N) is 1. The predicted molar refractivity (Wildman–Crippen MR) is 75.9 cm³/mol. The molecule has 2 rings (SSSR count). The van der Waals surface area contributed by atoms with Crippen molar-refractivity contribution in [3.63, 3.8) is 0 Å². The SMILES string of the molecule is CC(C)CC(N)c1cncn1-c1ccc(CO)cc1. The molecular weight excluding hydrogens is 238 g/mol. The first-order valence-electron chi connectivity index (χ1n) is 6.59. The molecule has 1 atom stereocenters. The number of benzene rings is 1. The summed E-state index contributed by atoms with van der Waals surface area (Å²) < 4.78 is 2.01. The lowest BCUT2D eigenvalue weighted by Gasteiger charge is -2.16. The zero-order chi connectivity index (χ0) is 13.8. The van der Waals surface area contributed by atoms with E-state index in [2.05, 4.69) is 18.8 Å². The average molecular weight is 259 g/mol. The molecule has 0 spiro atoms. The largest absolute Gasteiger partial charge is 0.392 e. The summed E-state index contributed by atoms with van der Waals surface area (Å²) in [5, 5.41) is 9.06. The van der Waals surface area contributed by atoms with Gasteiger partial charge in [0.15, 0.2) is 0 Å². The van der Waals surface area contributed by atoms with E-state index < -0.39 is 0 Å². The first-order chi connectivity index (χ1) is 9.11. The molecule has 19 heavy (non-hydrogen) atoms. The summed E-state index contributed by atoms with van der Waals surface area (Å²) in [6.45, 7) is 4.39. The van der Waals surface area contributed by atoms with Gasteiger partial charge in [0, 0.05) is 11.7 Å². The standard InChI is InChI=1S/C15H21N3O/c1-11(2)7-14(16)15-8-17-10-18(15)13-5-3-12(9-19)4-6-13/h3-6,8,10-11,14,19H,7,9,16H2,1-2H3. The molecule has 0 saturated heterocycles. The van der Waals surface area contributed by atoms with Crippen LogP contribution in [-0.4, -0.2) is 14.7 Å². The lowest BCUT2D eigenvalue weighted by Crippen LogP contribution is -2.16. The Balaban J connectivity index is 2.27. The van der Waals surface area contributed by atoms with Gasteiger partial charge in [0.2, 0.25) is 0 Å². The van der Waals surface area contributed by atoms with Crippen LogP contribution in [-0.2, 0) is 6.61 Å². The van der Waals surface area contributed by atoms with Gasteiger partial charge in [-0.25, -0.2) is 4.98 Å². The molecule has 4 nitrogen and oxygen atoms in total. The average Bonchev–Trinajstić information content (AvgIpc) is 2.87. The third kappa shape index (κ3) is 3.22. The molecule has 0 aliphatic carbocycles. The van der Waals surface area contributed by atoms with Crippen LogP contribution in [0.15, 0.2) is 36.8 Å². The van der Waals surface area contributed by atoms with Gasteiger partial charge in [-0.05, 0) is 30.0 Å². The minimum absolute atomic E-state index is 0.0139. The van der Waals surface area contributed by atoms with Crippen LogP contribution in [0, 0.1) is 5.92 Å². The Morgan fingerprint density at radius 3 is 2.53 bits per heavy atom. The maximum absolute atomic E-state index is 9.06. The molecule has 3 N–H and O–H groups in total. The summed E-state index contributed by atoms with van der Waals surface area (Å²) in [4.78, 5) is 4.20. The van der Waals surface area contributed by atoms with Crippen molar-refractivity contribution in [1.29, 1.82) is 0 Å². The molecule has 0 fully saturated rings. The van der Waals surface area contributed by atoms with E-state index in [4.69, 9.17) is 10.8 Å². The summed E-state index contributed by atoms with van der Waals surface area (Å²) in [5.74, 6) is 0.551. The van der Waals surface area contributed by atoms with Crippen LogP contribution in [0.5, 0.6) is 0 Å². The van der Waals surface area contributed by atoms with Crippen LogP contribution in [0.2, 0.25) is 0 Å². The molecule has 4 heteroatoms. The summed E-state index contributed by atoms with van der Waals surface area (Å²) in [6, 6.07) is 7.75. The normalized spacial score (nSPS) is 12.9. The van der Waals surface area contributed by atoms with Crippen LogP contribution >= 0.6 is 0 Å². The second-order valence-corrected chi connectivity index (χ2v) is 5.25. The molecule has 0 saturated carbocycles. The van der Waals surface area contributed by atoms with E-state index in [1.54, 1.807) is 6.33 Å². The van der Waals surface area contributed by atoms with Gasteiger partial charge in [-0.1, -0.05) is 26.0 Å². The highest BCUT2D eigenvalue weighted by atomic mass is 16.3. The fraction of sp³-hybridized carbons (Fsp3) is 0.400. The van der Waals surface area contributed by atoms with Crippen LogP contribution in [0.4, 0.5) is 0 Å². The Bertz CT molecular complexity index is 516. The van der Waals surface area contributed by atoms with Gasteiger partial charge in [-0.2, -0.15) is 0 Å². The molecule has 1 unspecified atom stereocenters. The highest BCUT2D eigenvalue weighted by molar-refractivity contribution is 5.36. The first kappa shape index (κ1) is 13.8. The number of aliphatic hydroxyl groups excluding tert-OH is 1. The molecule has 0 amide bonds. The summed E-state index contributed by atoms with van der Waals surface area (Å²) in [7, 11) is 0. The van der Waals surface area contributed by atoms with Gasteiger partial charge in [0.25, 0.3) is 0 Å². The lowest BCUT2D eigenvalue weighted by atomic mass is 10.0. The summed E-state index contributed by atoms with van der Waals surface area (Å²) >= 11 is 0. The van der Waals surface area contributed by atoms with Crippen molar-refractivity contribution in [3.8, 4) is 5.69 Å². The number of hydrogen-bond acceptors (Lipinski definition) is 3. The van der Waals surface area contributed by atoms with E-state index in [-0.39, 0.29) is 12.6 Å². The van der Waals surface area contributed by atoms with E-state index in [9.17, 15) is 0 Å². The van der Waals surface area contributed by atoms with Crippen molar-refractivity contribution in [2.75, 3.05) is 0 Å². The van der Waals surface area contributed by atoms with Crippen LogP contribution < -0.4 is 5.73 Å². The Kier molecular flexibility index (Phi) is 4.35. The van der Waals surface area contributed by atoms with E-state index in [0.717, 1.165) is 23.4 Å². The third-order valence-corrected chi connectivity index (χ3v) is 3.17. The van der Waals surface area contributed by atoms with Gasteiger partial charge in [-0.3, -0.25) is 0 Å². The molecule has 0 aliphatic rings. The fourth-order valence-corrected chi connectivity index (χ4v) is 2.19. The van der Waals surface area contributed by atoms with Crippen LogP contribution in [0.3, 0.4) is 0 Å². The van der Waals surface area contributed by atoms with Crippen LogP contribution in [0.25, 0.3) is 5.69 Å². The highest BCUT2D eigenvalue weighted by Crippen LogP contribution is 2.21. The summed E-state index contributed by atoms with van der Waals surface area (Å²) in [6.07, 6.45) is 4.54. The maximum atomic E-state index is 9.06. The lowest BCUT2D eigenvalue weighted by molar-refractivity contribution is 0.282. The monoisotopic (exact) mass is 259 g/mol. The predicted octanol–water partition coefficient (Wildman–Crippen LogP) is 2.41. The van der Waals surface area contributed by atoms with Crippen molar-refractivity contribution in [3.05, 3.63) is 48.0 Å². The van der Waals surface area contributed by atoms with E-state index >= 15 is 0 Å². The summed E-state index contributed by atoms with van der Waals surface area (Å²) in [5.41, 5.74) is 9.17. The molecule has 1 aromatic heterocycles. The number of aliphatic hydroxyl groups is 1. The Morgan fingerprint density at radius 1 is 1.26 bits per heavy atom. The molecule has 1 aromatic carbocycles. The van der Waals surface area contributed by atoms with Gasteiger partial charge >= 0.3 is 0 Å². The molecule has 0 radical (unpaired) electrons. The van der Waals surface area contributed by atoms with Gasteiger partial charge < -0.3 is 15.4 Å². The van der Waals surface area contributed by atoms with E-state index in [0.29, 0.717) is 5.92 Å². The van der Waals surface area contributed by atoms with Crippen LogP contribution in [0.1, 0.15) is 37.6 Å². The highest BCUT2D eigenvalue weighted by Gasteiger charge is 2.14. The van der Waals surface area contributed by atoms with Crippen molar-refractivity contribution < 1.29 is 5.11 Å². The smallest absolute Gasteiger partial charge is 0.0994 e. The van der Waals surface area contributed by atoms with Crippen molar-refractivity contribution in [2.24, 2.45) is 11.7 Å². The molecule has 0 bridgehead atoms. The van der Waals surface area contributed by atoms with Gasteiger partial charge in [0.1, 0.15) is 0 Å². The first-order valence-corrected chi connectivity index (χ1v) is 6.59. The topological polar surface area (TPSA) is 64.1 Å². The Labute approximate surface area is 113 Å².